The molecular weight excluding hydrogens is 242 g/mol. The van der Waals surface area contributed by atoms with Gasteiger partial charge in [0, 0.05) is 16.5 Å². The zero-order valence-electron chi connectivity index (χ0n) is 10.9. The zero-order valence-corrected chi connectivity index (χ0v) is 11.8. The maximum Gasteiger partial charge on any atom is 0.227 e. The minimum absolute atomic E-state index is 0.204. The van der Waals surface area contributed by atoms with E-state index < -0.39 is 0 Å². The molecule has 0 atom stereocenters. The quantitative estimate of drug-likeness (QED) is 0.650. The molecule has 0 heterocycles. The van der Waals surface area contributed by atoms with Gasteiger partial charge in [0.2, 0.25) is 5.91 Å². The molecule has 1 aliphatic rings. The van der Waals surface area contributed by atoms with Gasteiger partial charge in [-0.05, 0) is 37.3 Å². The van der Waals surface area contributed by atoms with Gasteiger partial charge in [-0.1, -0.05) is 31.7 Å². The lowest BCUT2D eigenvalue weighted by atomic mass is 9.99. The van der Waals surface area contributed by atoms with E-state index in [1.807, 2.05) is 24.5 Å². The van der Waals surface area contributed by atoms with E-state index in [4.69, 9.17) is 0 Å². The van der Waals surface area contributed by atoms with Crippen molar-refractivity contribution in [3.8, 4) is 0 Å². The van der Waals surface area contributed by atoms with Gasteiger partial charge in [-0.15, -0.1) is 11.8 Å². The molecule has 3 heteroatoms. The number of thioether (sulfide) groups is 1. The summed E-state index contributed by atoms with van der Waals surface area (Å²) >= 11 is 1.70. The molecule has 98 valence electrons. The van der Waals surface area contributed by atoms with Crippen LogP contribution in [0, 0.1) is 5.92 Å². The van der Waals surface area contributed by atoms with Gasteiger partial charge in [0.1, 0.15) is 0 Å². The van der Waals surface area contributed by atoms with Crippen LogP contribution in [0.5, 0.6) is 0 Å². The number of anilines is 1. The average molecular weight is 263 g/mol. The molecule has 2 rings (SSSR count). The Morgan fingerprint density at radius 3 is 2.61 bits per heavy atom. The Morgan fingerprint density at radius 1 is 1.22 bits per heavy atom. The van der Waals surface area contributed by atoms with Crippen molar-refractivity contribution in [3.05, 3.63) is 24.3 Å². The van der Waals surface area contributed by atoms with Crippen LogP contribution in [-0.2, 0) is 4.79 Å². The number of nitrogens with one attached hydrogen (secondary N) is 1. The molecule has 0 radical (unpaired) electrons. The lowest BCUT2D eigenvalue weighted by molar-refractivity contribution is -0.120. The van der Waals surface area contributed by atoms with E-state index in [1.165, 1.54) is 30.6 Å². The summed E-state index contributed by atoms with van der Waals surface area (Å²) in [4.78, 5) is 13.4. The van der Waals surface area contributed by atoms with Gasteiger partial charge in [-0.3, -0.25) is 4.79 Å². The Bertz CT molecular complexity index is 397. The van der Waals surface area contributed by atoms with Crippen LogP contribution in [0.2, 0.25) is 0 Å². The Balaban J connectivity index is 1.96. The first-order chi connectivity index (χ1) is 8.79. The zero-order chi connectivity index (χ0) is 12.8. The molecule has 2 nitrogen and oxygen atoms in total. The van der Waals surface area contributed by atoms with Gasteiger partial charge in [-0.2, -0.15) is 0 Å². The number of benzene rings is 1. The maximum atomic E-state index is 12.2. The summed E-state index contributed by atoms with van der Waals surface area (Å²) in [5.74, 6) is 0.417. The Hall–Kier alpha value is -0.960. The predicted molar refractivity (Wildman–Crippen MR) is 78.0 cm³/mol. The van der Waals surface area contributed by atoms with Crippen LogP contribution in [0.4, 0.5) is 5.69 Å². The van der Waals surface area contributed by atoms with Crippen molar-refractivity contribution in [2.24, 2.45) is 5.92 Å². The maximum absolute atomic E-state index is 12.2. The standard InChI is InChI=1S/C15H21NOS/c1-18-14-10-6-9-13(11-14)16-15(17)12-7-4-2-3-5-8-12/h6,9-12H,2-5,7-8H2,1H3,(H,16,17). The first-order valence-corrected chi connectivity index (χ1v) is 7.97. The molecule has 1 fully saturated rings. The molecule has 0 saturated heterocycles. The Labute approximate surface area is 114 Å². The third-order valence-corrected chi connectivity index (χ3v) is 4.29. The summed E-state index contributed by atoms with van der Waals surface area (Å²) in [7, 11) is 0. The van der Waals surface area contributed by atoms with Crippen molar-refractivity contribution < 1.29 is 4.79 Å². The highest BCUT2D eigenvalue weighted by Crippen LogP contribution is 2.25. The number of amides is 1. The van der Waals surface area contributed by atoms with E-state index in [0.717, 1.165) is 18.5 Å². The summed E-state index contributed by atoms with van der Waals surface area (Å²) in [5, 5.41) is 3.06. The first-order valence-electron chi connectivity index (χ1n) is 6.74. The summed E-state index contributed by atoms with van der Waals surface area (Å²) in [6.45, 7) is 0. The fourth-order valence-corrected chi connectivity index (χ4v) is 2.95. The molecule has 1 amide bonds. The molecule has 1 aromatic carbocycles. The second kappa shape index (κ2) is 6.83. The highest BCUT2D eigenvalue weighted by molar-refractivity contribution is 7.98. The Kier molecular flexibility index (Phi) is 5.12. The van der Waals surface area contributed by atoms with Crippen molar-refractivity contribution in [3.63, 3.8) is 0 Å². The van der Waals surface area contributed by atoms with Crippen molar-refractivity contribution >= 4 is 23.4 Å². The molecule has 0 spiro atoms. The topological polar surface area (TPSA) is 29.1 Å². The van der Waals surface area contributed by atoms with Gasteiger partial charge in [0.05, 0.1) is 0 Å². The van der Waals surface area contributed by atoms with Crippen molar-refractivity contribution in [2.45, 2.75) is 43.4 Å². The largest absolute Gasteiger partial charge is 0.326 e. The van der Waals surface area contributed by atoms with E-state index >= 15 is 0 Å². The number of hydrogen-bond donors (Lipinski definition) is 1. The predicted octanol–water partition coefficient (Wildman–Crippen LogP) is 4.32. The van der Waals surface area contributed by atoms with Crippen LogP contribution in [0.3, 0.4) is 0 Å². The minimum Gasteiger partial charge on any atom is -0.326 e. The molecule has 18 heavy (non-hydrogen) atoms. The molecular formula is C15H21NOS. The number of hydrogen-bond acceptors (Lipinski definition) is 2. The molecule has 1 aromatic rings. The fourth-order valence-electron chi connectivity index (χ4n) is 2.49. The average Bonchev–Trinajstić information content (AvgIpc) is 2.68. The van der Waals surface area contributed by atoms with Crippen LogP contribution in [0.1, 0.15) is 38.5 Å². The van der Waals surface area contributed by atoms with Gasteiger partial charge in [-0.25, -0.2) is 0 Å². The lowest BCUT2D eigenvalue weighted by Gasteiger charge is -2.14. The van der Waals surface area contributed by atoms with Crippen LogP contribution in [0.15, 0.2) is 29.2 Å². The normalized spacial score (nSPS) is 17.2. The highest BCUT2D eigenvalue weighted by Gasteiger charge is 2.19. The van der Waals surface area contributed by atoms with Gasteiger partial charge in [0.25, 0.3) is 0 Å². The molecule has 1 saturated carbocycles. The first kappa shape index (κ1) is 13.5. The molecule has 0 aromatic heterocycles. The van der Waals surface area contributed by atoms with Crippen molar-refractivity contribution in [1.82, 2.24) is 0 Å². The minimum atomic E-state index is 0.204. The summed E-state index contributed by atoms with van der Waals surface area (Å²) < 4.78 is 0. The smallest absolute Gasteiger partial charge is 0.227 e. The SMILES string of the molecule is CSc1cccc(NC(=O)C2CCCCCC2)c1. The lowest BCUT2D eigenvalue weighted by Crippen LogP contribution is -2.22. The molecule has 0 unspecified atom stereocenters. The monoisotopic (exact) mass is 263 g/mol. The third kappa shape index (κ3) is 3.77. The summed E-state index contributed by atoms with van der Waals surface area (Å²) in [5.41, 5.74) is 0.927. The molecule has 0 aliphatic heterocycles. The van der Waals surface area contributed by atoms with E-state index in [1.54, 1.807) is 11.8 Å². The van der Waals surface area contributed by atoms with E-state index in [0.29, 0.717) is 0 Å². The van der Waals surface area contributed by atoms with E-state index in [2.05, 4.69) is 11.4 Å². The Morgan fingerprint density at radius 2 is 1.94 bits per heavy atom. The van der Waals surface area contributed by atoms with E-state index in [-0.39, 0.29) is 11.8 Å². The van der Waals surface area contributed by atoms with Crippen LogP contribution in [-0.4, -0.2) is 12.2 Å². The van der Waals surface area contributed by atoms with E-state index in [9.17, 15) is 4.79 Å². The van der Waals surface area contributed by atoms with Crippen LogP contribution in [0.25, 0.3) is 0 Å². The number of carbonyl (C=O) groups is 1. The summed E-state index contributed by atoms with van der Waals surface area (Å²) in [6, 6.07) is 8.06. The van der Waals surface area contributed by atoms with Crippen molar-refractivity contribution in [1.29, 1.82) is 0 Å². The molecule has 0 bridgehead atoms. The number of rotatable bonds is 3. The molecule has 1 aliphatic carbocycles. The fraction of sp³-hybridized carbons (Fsp3) is 0.533. The summed E-state index contributed by atoms with van der Waals surface area (Å²) in [6.07, 6.45) is 9.11. The second-order valence-corrected chi connectivity index (χ2v) is 5.79. The van der Waals surface area contributed by atoms with Gasteiger partial charge >= 0.3 is 0 Å². The second-order valence-electron chi connectivity index (χ2n) is 4.91. The van der Waals surface area contributed by atoms with Crippen LogP contribution >= 0.6 is 11.8 Å². The molecule has 1 N–H and O–H groups in total. The number of carbonyl (C=O) groups excluding carboxylic acids is 1. The van der Waals surface area contributed by atoms with Gasteiger partial charge < -0.3 is 5.32 Å². The third-order valence-electron chi connectivity index (χ3n) is 3.56. The van der Waals surface area contributed by atoms with Gasteiger partial charge in [0.15, 0.2) is 0 Å². The van der Waals surface area contributed by atoms with Crippen LogP contribution < -0.4 is 5.32 Å². The highest BCUT2D eigenvalue weighted by atomic mass is 32.2. The van der Waals surface area contributed by atoms with Crippen molar-refractivity contribution in [2.75, 3.05) is 11.6 Å².